The number of carbonyl (C=O) groups excluding carboxylic acids is 1. The smallest absolute Gasteiger partial charge is 0.225 e. The molecule has 3 heterocycles. The lowest BCUT2D eigenvalue weighted by Crippen LogP contribution is -2.46. The Labute approximate surface area is 217 Å². The number of aromatic nitrogens is 1. The molecule has 2 N–H and O–H groups in total. The number of hydrogen-bond donors (Lipinski definition) is 1. The van der Waals surface area contributed by atoms with Crippen LogP contribution in [-0.4, -0.2) is 59.7 Å². The highest BCUT2D eigenvalue weighted by atomic mass is 35.5. The number of likely N-dealkylation sites (tertiary alicyclic amines) is 2. The zero-order valence-corrected chi connectivity index (χ0v) is 21.8. The number of halogens is 2. The van der Waals surface area contributed by atoms with E-state index in [1.165, 1.54) is 5.56 Å². The number of nitrogens with zero attached hydrogens (tertiary/aromatic N) is 4. The fraction of sp³-hybridized carbons (Fsp3) is 0.500. The summed E-state index contributed by atoms with van der Waals surface area (Å²) < 4.78 is 0. The standard InChI is InChI=1S/C26H33Cl2N5O2/c1-17(20-5-10-30-24(29)15-20)32-11-8-19(9-12-32)26(34)33-13-6-18(7-14-33)25(31-35-2)22-4-3-21(27)16-23(22)28/h3-5,10,15-19H,6-9,11-14H2,1-2H3,(H2,29,30)/b31-25-. The summed E-state index contributed by atoms with van der Waals surface area (Å²) in [4.78, 5) is 27.0. The Kier molecular flexibility index (Phi) is 8.52. The van der Waals surface area contributed by atoms with Crippen LogP contribution in [0, 0.1) is 11.8 Å². The molecule has 9 heteroatoms. The lowest BCUT2D eigenvalue weighted by molar-refractivity contribution is -0.138. The van der Waals surface area contributed by atoms with Crippen LogP contribution in [0.25, 0.3) is 0 Å². The molecular formula is C26H33Cl2N5O2. The summed E-state index contributed by atoms with van der Waals surface area (Å²) in [7, 11) is 1.54. The number of rotatable bonds is 6. The lowest BCUT2D eigenvalue weighted by atomic mass is 9.87. The Morgan fingerprint density at radius 1 is 1.09 bits per heavy atom. The first-order chi connectivity index (χ1) is 16.9. The molecule has 1 atom stereocenters. The van der Waals surface area contributed by atoms with Crippen LogP contribution in [0.15, 0.2) is 41.7 Å². The highest BCUT2D eigenvalue weighted by Gasteiger charge is 2.34. The van der Waals surface area contributed by atoms with Gasteiger partial charge in [-0.25, -0.2) is 4.98 Å². The number of benzene rings is 1. The minimum Gasteiger partial charge on any atom is -0.399 e. The molecule has 4 rings (SSSR count). The minimum absolute atomic E-state index is 0.0790. The van der Waals surface area contributed by atoms with E-state index in [0.717, 1.165) is 50.0 Å². The zero-order chi connectivity index (χ0) is 24.9. The molecule has 0 spiro atoms. The topological polar surface area (TPSA) is 84.0 Å². The molecule has 1 aromatic carbocycles. The first-order valence-corrected chi connectivity index (χ1v) is 12.9. The quantitative estimate of drug-likeness (QED) is 0.428. The number of nitrogen functional groups attached to an aromatic ring is 1. The van der Waals surface area contributed by atoms with Crippen molar-refractivity contribution >= 4 is 40.6 Å². The van der Waals surface area contributed by atoms with E-state index in [-0.39, 0.29) is 23.8 Å². The molecule has 7 nitrogen and oxygen atoms in total. The van der Waals surface area contributed by atoms with E-state index in [9.17, 15) is 4.79 Å². The second-order valence-corrected chi connectivity index (χ2v) is 10.2. The molecule has 0 aliphatic carbocycles. The molecular weight excluding hydrogens is 485 g/mol. The number of amides is 1. The third-order valence-electron chi connectivity index (χ3n) is 7.30. The van der Waals surface area contributed by atoms with Crippen LogP contribution < -0.4 is 5.73 Å². The maximum absolute atomic E-state index is 13.3. The highest BCUT2D eigenvalue weighted by molar-refractivity contribution is 6.37. The van der Waals surface area contributed by atoms with Crippen LogP contribution in [0.1, 0.15) is 49.8 Å². The molecule has 0 saturated carbocycles. The van der Waals surface area contributed by atoms with Crippen molar-refractivity contribution in [1.82, 2.24) is 14.8 Å². The molecule has 0 radical (unpaired) electrons. The number of carbonyl (C=O) groups is 1. The lowest BCUT2D eigenvalue weighted by Gasteiger charge is -2.39. The highest BCUT2D eigenvalue weighted by Crippen LogP contribution is 2.31. The van der Waals surface area contributed by atoms with Crippen molar-refractivity contribution in [1.29, 1.82) is 0 Å². The molecule has 1 aromatic heterocycles. The number of piperidine rings is 2. The van der Waals surface area contributed by atoms with E-state index in [2.05, 4.69) is 22.0 Å². The fourth-order valence-corrected chi connectivity index (χ4v) is 5.75. The van der Waals surface area contributed by atoms with Crippen molar-refractivity contribution in [2.45, 2.75) is 38.6 Å². The number of oxime groups is 1. The van der Waals surface area contributed by atoms with Crippen LogP contribution >= 0.6 is 23.2 Å². The van der Waals surface area contributed by atoms with E-state index < -0.39 is 0 Å². The van der Waals surface area contributed by atoms with Crippen molar-refractivity contribution in [2.75, 3.05) is 39.0 Å². The van der Waals surface area contributed by atoms with Crippen LogP contribution in [0.2, 0.25) is 10.0 Å². The summed E-state index contributed by atoms with van der Waals surface area (Å²) in [6.45, 7) is 5.41. The molecule has 2 aliphatic rings. The third kappa shape index (κ3) is 6.08. The summed E-state index contributed by atoms with van der Waals surface area (Å²) in [5, 5.41) is 5.43. The van der Waals surface area contributed by atoms with Crippen molar-refractivity contribution in [3.05, 3.63) is 57.7 Å². The Bertz CT molecular complexity index is 1060. The maximum atomic E-state index is 13.3. The Balaban J connectivity index is 1.32. The molecule has 1 unspecified atom stereocenters. The van der Waals surface area contributed by atoms with Gasteiger partial charge in [0.1, 0.15) is 12.9 Å². The van der Waals surface area contributed by atoms with E-state index >= 15 is 0 Å². The maximum Gasteiger partial charge on any atom is 0.225 e. The summed E-state index contributed by atoms with van der Waals surface area (Å²) in [6, 6.07) is 9.62. The van der Waals surface area contributed by atoms with Crippen LogP contribution in [0.4, 0.5) is 5.82 Å². The van der Waals surface area contributed by atoms with Crippen LogP contribution in [-0.2, 0) is 9.63 Å². The average molecular weight is 518 g/mol. The molecule has 1 amide bonds. The van der Waals surface area contributed by atoms with E-state index in [1.54, 1.807) is 19.4 Å². The van der Waals surface area contributed by atoms with Crippen molar-refractivity contribution < 1.29 is 9.63 Å². The van der Waals surface area contributed by atoms with Gasteiger partial charge in [0.05, 0.1) is 10.7 Å². The SMILES string of the molecule is CO/N=C(\c1ccc(Cl)cc1Cl)C1CCN(C(=O)C2CCN(C(C)c3ccnc(N)c3)CC2)CC1. The predicted octanol–water partition coefficient (Wildman–Crippen LogP) is 5.03. The van der Waals surface area contributed by atoms with E-state index in [1.807, 2.05) is 29.2 Å². The first kappa shape index (κ1) is 25.7. The van der Waals surface area contributed by atoms with Crippen LogP contribution in [0.5, 0.6) is 0 Å². The van der Waals surface area contributed by atoms with E-state index in [0.29, 0.717) is 29.0 Å². The third-order valence-corrected chi connectivity index (χ3v) is 7.85. The van der Waals surface area contributed by atoms with Gasteiger partial charge in [0, 0.05) is 47.8 Å². The first-order valence-electron chi connectivity index (χ1n) is 12.2. The van der Waals surface area contributed by atoms with Gasteiger partial charge in [-0.3, -0.25) is 9.69 Å². The molecule has 188 valence electrons. The number of pyridine rings is 1. The molecule has 2 saturated heterocycles. The van der Waals surface area contributed by atoms with Crippen molar-refractivity contribution in [2.24, 2.45) is 17.0 Å². The normalized spacial score (nSPS) is 19.5. The summed E-state index contributed by atoms with van der Waals surface area (Å²) in [5.41, 5.74) is 8.67. The van der Waals surface area contributed by atoms with Gasteiger partial charge in [-0.05, 0) is 75.5 Å². The Morgan fingerprint density at radius 3 is 2.40 bits per heavy atom. The number of nitrogens with two attached hydrogens (primary N) is 1. The summed E-state index contributed by atoms with van der Waals surface area (Å²) in [6.07, 6.45) is 5.16. The molecule has 2 aliphatic heterocycles. The number of hydrogen-bond acceptors (Lipinski definition) is 6. The molecule has 2 aromatic rings. The van der Waals surface area contributed by atoms with Gasteiger partial charge in [0.2, 0.25) is 5.91 Å². The van der Waals surface area contributed by atoms with Gasteiger partial charge >= 0.3 is 0 Å². The Hall–Kier alpha value is -2.35. The predicted molar refractivity (Wildman–Crippen MR) is 141 cm³/mol. The van der Waals surface area contributed by atoms with E-state index in [4.69, 9.17) is 33.8 Å². The van der Waals surface area contributed by atoms with Gasteiger partial charge in [0.25, 0.3) is 0 Å². The van der Waals surface area contributed by atoms with Gasteiger partial charge < -0.3 is 15.5 Å². The Morgan fingerprint density at radius 2 is 1.77 bits per heavy atom. The monoisotopic (exact) mass is 517 g/mol. The largest absolute Gasteiger partial charge is 0.399 e. The molecule has 2 fully saturated rings. The van der Waals surface area contributed by atoms with Gasteiger partial charge in [-0.2, -0.15) is 0 Å². The molecule has 35 heavy (non-hydrogen) atoms. The number of anilines is 1. The van der Waals surface area contributed by atoms with Gasteiger partial charge in [0.15, 0.2) is 0 Å². The van der Waals surface area contributed by atoms with Gasteiger partial charge in [-0.1, -0.05) is 34.4 Å². The summed E-state index contributed by atoms with van der Waals surface area (Å²) in [5.74, 6) is 1.07. The molecule has 0 bridgehead atoms. The summed E-state index contributed by atoms with van der Waals surface area (Å²) >= 11 is 12.5. The second kappa shape index (κ2) is 11.6. The second-order valence-electron chi connectivity index (χ2n) is 9.38. The average Bonchev–Trinajstić information content (AvgIpc) is 2.87. The van der Waals surface area contributed by atoms with Crippen molar-refractivity contribution in [3.8, 4) is 0 Å². The fourth-order valence-electron chi connectivity index (χ4n) is 5.24. The van der Waals surface area contributed by atoms with Crippen LogP contribution in [0.3, 0.4) is 0 Å². The zero-order valence-electron chi connectivity index (χ0n) is 20.3. The van der Waals surface area contributed by atoms with Gasteiger partial charge in [-0.15, -0.1) is 0 Å². The van der Waals surface area contributed by atoms with Crippen molar-refractivity contribution in [3.63, 3.8) is 0 Å². The minimum atomic E-state index is 0.0790.